The van der Waals surface area contributed by atoms with E-state index in [1.807, 2.05) is 17.2 Å². The van der Waals surface area contributed by atoms with Crippen LogP contribution in [0.1, 0.15) is 25.3 Å². The van der Waals surface area contributed by atoms with Crippen molar-refractivity contribution in [2.75, 3.05) is 31.1 Å². The summed E-state index contributed by atoms with van der Waals surface area (Å²) in [5.74, 6) is 1.25. The third-order valence-electron chi connectivity index (χ3n) is 4.69. The number of nitrogens with two attached hydrogens (primary N) is 1. The summed E-state index contributed by atoms with van der Waals surface area (Å²) < 4.78 is 0. The highest BCUT2D eigenvalue weighted by Crippen LogP contribution is 2.41. The van der Waals surface area contributed by atoms with Crippen LogP contribution in [0, 0.1) is 5.41 Å². The van der Waals surface area contributed by atoms with Gasteiger partial charge in [0, 0.05) is 51.3 Å². The fourth-order valence-corrected chi connectivity index (χ4v) is 3.26. The van der Waals surface area contributed by atoms with Gasteiger partial charge in [0.25, 0.3) is 0 Å². The van der Waals surface area contributed by atoms with Crippen LogP contribution in [0.15, 0.2) is 18.3 Å². The van der Waals surface area contributed by atoms with Gasteiger partial charge < -0.3 is 15.5 Å². The lowest BCUT2D eigenvalue weighted by atomic mass is 9.72. The van der Waals surface area contributed by atoms with Crippen LogP contribution < -0.4 is 10.6 Å². The molecule has 1 amide bonds. The summed E-state index contributed by atoms with van der Waals surface area (Å²) in [6, 6.07) is 4.10. The Morgan fingerprint density at radius 3 is 2.55 bits per heavy atom. The second-order valence-corrected chi connectivity index (χ2v) is 6.09. The normalized spacial score (nSPS) is 20.9. The highest BCUT2D eigenvalue weighted by molar-refractivity contribution is 5.73. The summed E-state index contributed by atoms with van der Waals surface area (Å²) >= 11 is 0. The van der Waals surface area contributed by atoms with E-state index in [9.17, 15) is 4.79 Å². The van der Waals surface area contributed by atoms with Gasteiger partial charge in [-0.25, -0.2) is 4.98 Å². The van der Waals surface area contributed by atoms with Gasteiger partial charge in [-0.1, -0.05) is 6.07 Å². The van der Waals surface area contributed by atoms with Gasteiger partial charge in [0.1, 0.15) is 5.82 Å². The molecule has 3 rings (SSSR count). The molecule has 1 spiro atoms. The van der Waals surface area contributed by atoms with E-state index in [1.165, 1.54) is 0 Å². The number of anilines is 1. The van der Waals surface area contributed by atoms with Crippen molar-refractivity contribution in [1.82, 2.24) is 9.88 Å². The molecule has 2 aliphatic heterocycles. The van der Waals surface area contributed by atoms with Crippen LogP contribution in [-0.2, 0) is 11.3 Å². The van der Waals surface area contributed by atoms with Crippen molar-refractivity contribution < 1.29 is 4.79 Å². The van der Waals surface area contributed by atoms with E-state index >= 15 is 0 Å². The molecule has 5 nitrogen and oxygen atoms in total. The zero-order valence-electron chi connectivity index (χ0n) is 12.0. The molecule has 0 unspecified atom stereocenters. The van der Waals surface area contributed by atoms with Gasteiger partial charge in [-0.2, -0.15) is 0 Å². The Hall–Kier alpha value is -1.62. The maximum absolute atomic E-state index is 11.4. The molecule has 2 N–H and O–H groups in total. The Bertz CT molecular complexity index is 483. The number of likely N-dealkylation sites (tertiary alicyclic amines) is 1. The number of amides is 1. The predicted octanol–water partition coefficient (Wildman–Crippen LogP) is 0.989. The Kier molecular flexibility index (Phi) is 3.38. The lowest BCUT2D eigenvalue weighted by Gasteiger charge is -2.54. The van der Waals surface area contributed by atoms with Crippen LogP contribution in [0.2, 0.25) is 0 Å². The van der Waals surface area contributed by atoms with Gasteiger partial charge in [0.05, 0.1) is 0 Å². The topological polar surface area (TPSA) is 62.5 Å². The average Bonchev–Trinajstić information content (AvgIpc) is 2.45. The van der Waals surface area contributed by atoms with Crippen molar-refractivity contribution in [3.63, 3.8) is 0 Å². The summed E-state index contributed by atoms with van der Waals surface area (Å²) in [5, 5.41) is 0. The van der Waals surface area contributed by atoms with E-state index in [-0.39, 0.29) is 5.91 Å². The fourth-order valence-electron chi connectivity index (χ4n) is 3.26. The third-order valence-corrected chi connectivity index (χ3v) is 4.69. The van der Waals surface area contributed by atoms with E-state index in [2.05, 4.69) is 16.0 Å². The van der Waals surface area contributed by atoms with Crippen molar-refractivity contribution in [3.8, 4) is 0 Å². The number of nitrogens with zero attached hydrogens (tertiary/aromatic N) is 3. The van der Waals surface area contributed by atoms with E-state index < -0.39 is 0 Å². The van der Waals surface area contributed by atoms with Gasteiger partial charge in [0.2, 0.25) is 5.91 Å². The molecule has 0 aliphatic carbocycles. The molecule has 5 heteroatoms. The Morgan fingerprint density at radius 2 is 2.05 bits per heavy atom. The average molecular weight is 274 g/mol. The maximum atomic E-state index is 11.4. The first-order valence-corrected chi connectivity index (χ1v) is 7.27. The lowest BCUT2D eigenvalue weighted by Crippen LogP contribution is -2.61. The molecule has 1 aromatic heterocycles. The van der Waals surface area contributed by atoms with Gasteiger partial charge in [-0.3, -0.25) is 4.79 Å². The predicted molar refractivity (Wildman–Crippen MR) is 78.3 cm³/mol. The number of carbonyl (C=O) groups excluding carboxylic acids is 1. The Labute approximate surface area is 119 Å². The van der Waals surface area contributed by atoms with Crippen molar-refractivity contribution in [2.24, 2.45) is 11.1 Å². The number of hydrogen-bond donors (Lipinski definition) is 1. The molecular formula is C15H22N4O. The third kappa shape index (κ3) is 2.38. The summed E-state index contributed by atoms with van der Waals surface area (Å²) in [4.78, 5) is 20.1. The maximum Gasteiger partial charge on any atom is 0.219 e. The SMILES string of the molecule is CC(=O)N1CCC2(CC1)CN(c1ccc(CN)cn1)C2. The fraction of sp³-hybridized carbons (Fsp3) is 0.600. The van der Waals surface area contributed by atoms with E-state index in [1.54, 1.807) is 6.92 Å². The first kappa shape index (κ1) is 13.4. The molecule has 0 bridgehead atoms. The van der Waals surface area contributed by atoms with E-state index in [0.29, 0.717) is 12.0 Å². The minimum Gasteiger partial charge on any atom is -0.355 e. The standard InChI is InChI=1S/C15H22N4O/c1-12(20)18-6-4-15(5-7-18)10-19(11-15)14-3-2-13(8-16)9-17-14/h2-3,9H,4-8,10-11,16H2,1H3. The Balaban J connectivity index is 1.57. The molecule has 1 aromatic rings. The quantitative estimate of drug-likeness (QED) is 0.873. The number of pyridine rings is 1. The van der Waals surface area contributed by atoms with Gasteiger partial charge >= 0.3 is 0 Å². The Morgan fingerprint density at radius 1 is 1.35 bits per heavy atom. The zero-order chi connectivity index (χ0) is 14.2. The van der Waals surface area contributed by atoms with Gasteiger partial charge in [0.15, 0.2) is 0 Å². The second kappa shape index (κ2) is 5.05. The van der Waals surface area contributed by atoms with Crippen LogP contribution in [0.4, 0.5) is 5.82 Å². The molecule has 108 valence electrons. The van der Waals surface area contributed by atoms with Crippen molar-refractivity contribution >= 4 is 11.7 Å². The molecule has 20 heavy (non-hydrogen) atoms. The summed E-state index contributed by atoms with van der Waals surface area (Å²) in [5.41, 5.74) is 7.06. The first-order chi connectivity index (χ1) is 9.62. The van der Waals surface area contributed by atoms with Crippen molar-refractivity contribution in [1.29, 1.82) is 0 Å². The minimum atomic E-state index is 0.204. The van der Waals surface area contributed by atoms with Crippen molar-refractivity contribution in [3.05, 3.63) is 23.9 Å². The smallest absolute Gasteiger partial charge is 0.219 e. The summed E-state index contributed by atoms with van der Waals surface area (Å²) in [6.45, 7) is 6.14. The highest BCUT2D eigenvalue weighted by atomic mass is 16.2. The number of carbonyl (C=O) groups is 1. The minimum absolute atomic E-state index is 0.204. The number of aromatic nitrogens is 1. The van der Waals surface area contributed by atoms with E-state index in [4.69, 9.17) is 5.73 Å². The molecular weight excluding hydrogens is 252 g/mol. The van der Waals surface area contributed by atoms with Crippen LogP contribution in [0.3, 0.4) is 0 Å². The lowest BCUT2D eigenvalue weighted by molar-refractivity contribution is -0.131. The molecule has 2 fully saturated rings. The molecule has 2 aliphatic rings. The van der Waals surface area contributed by atoms with Crippen LogP contribution in [0.5, 0.6) is 0 Å². The molecule has 3 heterocycles. The monoisotopic (exact) mass is 274 g/mol. The summed E-state index contributed by atoms with van der Waals surface area (Å²) in [7, 11) is 0. The van der Waals surface area contributed by atoms with E-state index in [0.717, 1.165) is 50.4 Å². The summed E-state index contributed by atoms with van der Waals surface area (Å²) in [6.07, 6.45) is 4.09. The molecule has 0 atom stereocenters. The van der Waals surface area contributed by atoms with Gasteiger partial charge in [-0.05, 0) is 24.5 Å². The van der Waals surface area contributed by atoms with Crippen molar-refractivity contribution in [2.45, 2.75) is 26.3 Å². The molecule has 0 aromatic carbocycles. The number of hydrogen-bond acceptors (Lipinski definition) is 4. The largest absolute Gasteiger partial charge is 0.355 e. The zero-order valence-corrected chi connectivity index (χ0v) is 12.0. The molecule has 0 saturated carbocycles. The van der Waals surface area contributed by atoms with Crippen LogP contribution in [0.25, 0.3) is 0 Å². The van der Waals surface area contributed by atoms with Gasteiger partial charge in [-0.15, -0.1) is 0 Å². The van der Waals surface area contributed by atoms with Crippen LogP contribution in [-0.4, -0.2) is 42.0 Å². The molecule has 0 radical (unpaired) electrons. The second-order valence-electron chi connectivity index (χ2n) is 6.09. The first-order valence-electron chi connectivity index (χ1n) is 7.27. The number of piperidine rings is 1. The molecule has 2 saturated heterocycles. The highest BCUT2D eigenvalue weighted by Gasteiger charge is 2.45. The van der Waals surface area contributed by atoms with Crippen LogP contribution >= 0.6 is 0 Å². The number of rotatable bonds is 2.